The average Bonchev–Trinajstić information content (AvgIpc) is 2.57. The zero-order chi connectivity index (χ0) is 16.1. The molecule has 2 fully saturated rings. The van der Waals surface area contributed by atoms with Crippen LogP contribution in [-0.4, -0.2) is 68.8 Å². The van der Waals surface area contributed by atoms with E-state index in [-0.39, 0.29) is 0 Å². The number of benzene rings is 1. The zero-order valence-corrected chi connectivity index (χ0v) is 14.6. The quantitative estimate of drug-likeness (QED) is 0.829. The zero-order valence-electron chi connectivity index (χ0n) is 14.6. The summed E-state index contributed by atoms with van der Waals surface area (Å²) >= 11 is 0. The Morgan fingerprint density at radius 3 is 2.13 bits per heavy atom. The third kappa shape index (κ3) is 4.93. The number of hydrogen-bond donors (Lipinski definition) is 0. The first-order chi connectivity index (χ1) is 11.2. The largest absolute Gasteiger partial charge is 0.379 e. The van der Waals surface area contributed by atoms with Crippen molar-refractivity contribution < 1.29 is 4.74 Å². The van der Waals surface area contributed by atoms with E-state index in [1.165, 1.54) is 30.3 Å². The lowest BCUT2D eigenvalue weighted by atomic mass is 10.1. The molecule has 0 saturated carbocycles. The van der Waals surface area contributed by atoms with Gasteiger partial charge in [0.05, 0.1) is 13.2 Å². The lowest BCUT2D eigenvalue weighted by Gasteiger charge is -2.36. The van der Waals surface area contributed by atoms with E-state index in [1.807, 2.05) is 0 Å². The average molecular weight is 316 g/mol. The standard InChI is InChI=1S/C19H30N3O/c1-17(2)15-20-7-9-22(10-8-20)19-5-3-18(4-6-19)16-21-11-13-23-14-12-21/h3-6H,7-16H2,1-2H3. The van der Waals surface area contributed by atoms with E-state index in [4.69, 9.17) is 4.74 Å². The number of ether oxygens (including phenoxy) is 1. The van der Waals surface area contributed by atoms with Crippen molar-refractivity contribution in [3.05, 3.63) is 35.7 Å². The molecule has 2 heterocycles. The van der Waals surface area contributed by atoms with Crippen molar-refractivity contribution in [1.82, 2.24) is 9.80 Å². The topological polar surface area (TPSA) is 19.0 Å². The summed E-state index contributed by atoms with van der Waals surface area (Å²) in [7, 11) is 0. The van der Waals surface area contributed by atoms with Crippen molar-refractivity contribution in [3.8, 4) is 0 Å². The lowest BCUT2D eigenvalue weighted by molar-refractivity contribution is 0.0342. The molecular weight excluding hydrogens is 286 g/mol. The Kier molecular flexibility index (Phi) is 5.92. The van der Waals surface area contributed by atoms with Crippen LogP contribution in [-0.2, 0) is 11.3 Å². The fraction of sp³-hybridized carbons (Fsp3) is 0.632. The van der Waals surface area contributed by atoms with Gasteiger partial charge in [-0.2, -0.15) is 0 Å². The Balaban J connectivity index is 1.49. The number of hydrogen-bond acceptors (Lipinski definition) is 4. The summed E-state index contributed by atoms with van der Waals surface area (Å²) in [5, 5.41) is 0. The van der Waals surface area contributed by atoms with Crippen LogP contribution in [0.1, 0.15) is 19.4 Å². The first-order valence-electron chi connectivity index (χ1n) is 8.86. The number of rotatable bonds is 5. The van der Waals surface area contributed by atoms with Crippen molar-refractivity contribution in [2.45, 2.75) is 20.4 Å². The smallest absolute Gasteiger partial charge is 0.0594 e. The van der Waals surface area contributed by atoms with Crippen molar-refractivity contribution in [2.24, 2.45) is 0 Å². The van der Waals surface area contributed by atoms with Crippen LogP contribution in [0.25, 0.3) is 0 Å². The highest BCUT2D eigenvalue weighted by atomic mass is 16.5. The van der Waals surface area contributed by atoms with Crippen molar-refractivity contribution in [1.29, 1.82) is 0 Å². The highest BCUT2D eigenvalue weighted by molar-refractivity contribution is 5.48. The van der Waals surface area contributed by atoms with Gasteiger partial charge in [-0.15, -0.1) is 0 Å². The van der Waals surface area contributed by atoms with E-state index < -0.39 is 0 Å². The summed E-state index contributed by atoms with van der Waals surface area (Å²) in [4.78, 5) is 7.54. The van der Waals surface area contributed by atoms with E-state index in [9.17, 15) is 0 Å². The predicted octanol–water partition coefficient (Wildman–Crippen LogP) is 2.26. The van der Waals surface area contributed by atoms with Gasteiger partial charge < -0.3 is 9.64 Å². The molecule has 2 saturated heterocycles. The Bertz CT molecular complexity index is 460. The monoisotopic (exact) mass is 316 g/mol. The Hall–Kier alpha value is -1.10. The number of anilines is 1. The van der Waals surface area contributed by atoms with Gasteiger partial charge in [0.1, 0.15) is 0 Å². The molecule has 0 aromatic heterocycles. The third-order valence-electron chi connectivity index (χ3n) is 4.72. The van der Waals surface area contributed by atoms with Crippen molar-refractivity contribution >= 4 is 5.69 Å². The number of piperazine rings is 1. The van der Waals surface area contributed by atoms with Gasteiger partial charge in [0.25, 0.3) is 0 Å². The maximum Gasteiger partial charge on any atom is 0.0594 e. The molecule has 3 rings (SSSR count). The summed E-state index contributed by atoms with van der Waals surface area (Å²) in [5.41, 5.74) is 2.78. The predicted molar refractivity (Wildman–Crippen MR) is 95.8 cm³/mol. The molecule has 127 valence electrons. The SMILES string of the molecule is C[C](C)CN1CCN(c2ccc(CN3CCOCC3)cc2)CC1. The van der Waals surface area contributed by atoms with Gasteiger partial charge >= 0.3 is 0 Å². The van der Waals surface area contributed by atoms with E-state index in [0.29, 0.717) is 0 Å². The highest BCUT2D eigenvalue weighted by Crippen LogP contribution is 2.19. The van der Waals surface area contributed by atoms with E-state index in [1.54, 1.807) is 0 Å². The molecule has 1 aromatic rings. The van der Waals surface area contributed by atoms with Gasteiger partial charge in [-0.3, -0.25) is 9.80 Å². The maximum atomic E-state index is 5.41. The number of nitrogens with zero attached hydrogens (tertiary/aromatic N) is 3. The maximum absolute atomic E-state index is 5.41. The molecule has 4 heteroatoms. The molecule has 0 unspecified atom stereocenters. The van der Waals surface area contributed by atoms with Crippen molar-refractivity contribution in [3.63, 3.8) is 0 Å². The molecule has 0 atom stereocenters. The Labute approximate surface area is 141 Å². The molecule has 0 N–H and O–H groups in total. The summed E-state index contributed by atoms with van der Waals surface area (Å²) in [6.45, 7) is 15.1. The minimum absolute atomic E-state index is 0.872. The fourth-order valence-electron chi connectivity index (χ4n) is 3.44. The minimum atomic E-state index is 0.872. The number of morpholine rings is 1. The normalized spacial score (nSPS) is 21.1. The van der Waals surface area contributed by atoms with Gasteiger partial charge in [0, 0.05) is 58.0 Å². The van der Waals surface area contributed by atoms with Gasteiger partial charge in [-0.05, 0) is 23.6 Å². The fourth-order valence-corrected chi connectivity index (χ4v) is 3.44. The van der Waals surface area contributed by atoms with Crippen LogP contribution in [0.3, 0.4) is 0 Å². The second-order valence-corrected chi connectivity index (χ2v) is 7.03. The van der Waals surface area contributed by atoms with Gasteiger partial charge in [0.15, 0.2) is 0 Å². The molecular formula is C19H30N3O. The van der Waals surface area contributed by atoms with Crippen LogP contribution >= 0.6 is 0 Å². The molecule has 4 nitrogen and oxygen atoms in total. The molecule has 2 aliphatic heterocycles. The van der Waals surface area contributed by atoms with Crippen LogP contribution in [0.5, 0.6) is 0 Å². The summed E-state index contributed by atoms with van der Waals surface area (Å²) in [6, 6.07) is 9.17. The van der Waals surface area contributed by atoms with Gasteiger partial charge in [-0.25, -0.2) is 0 Å². The van der Waals surface area contributed by atoms with E-state index in [0.717, 1.165) is 52.5 Å². The second kappa shape index (κ2) is 8.13. The van der Waals surface area contributed by atoms with Gasteiger partial charge in [-0.1, -0.05) is 26.0 Å². The minimum Gasteiger partial charge on any atom is -0.379 e. The molecule has 0 spiro atoms. The Morgan fingerprint density at radius 1 is 0.870 bits per heavy atom. The van der Waals surface area contributed by atoms with Crippen LogP contribution in [0, 0.1) is 5.92 Å². The molecule has 0 amide bonds. The Morgan fingerprint density at radius 2 is 1.52 bits per heavy atom. The molecule has 0 bridgehead atoms. The van der Waals surface area contributed by atoms with Crippen LogP contribution in [0.15, 0.2) is 24.3 Å². The van der Waals surface area contributed by atoms with Crippen LogP contribution in [0.4, 0.5) is 5.69 Å². The van der Waals surface area contributed by atoms with E-state index >= 15 is 0 Å². The lowest BCUT2D eigenvalue weighted by Crippen LogP contribution is -2.47. The summed E-state index contributed by atoms with van der Waals surface area (Å²) in [5.74, 6) is 1.51. The first kappa shape index (κ1) is 16.7. The second-order valence-electron chi connectivity index (χ2n) is 7.03. The van der Waals surface area contributed by atoms with Crippen LogP contribution in [0.2, 0.25) is 0 Å². The molecule has 1 aromatic carbocycles. The highest BCUT2D eigenvalue weighted by Gasteiger charge is 2.18. The molecule has 1 radical (unpaired) electrons. The van der Waals surface area contributed by atoms with Gasteiger partial charge in [0.2, 0.25) is 0 Å². The first-order valence-corrected chi connectivity index (χ1v) is 8.86. The molecule has 23 heavy (non-hydrogen) atoms. The molecule has 2 aliphatic rings. The summed E-state index contributed by atoms with van der Waals surface area (Å²) < 4.78 is 5.41. The third-order valence-corrected chi connectivity index (χ3v) is 4.72. The molecule has 0 aliphatic carbocycles. The summed E-state index contributed by atoms with van der Waals surface area (Å²) in [6.07, 6.45) is 0. The van der Waals surface area contributed by atoms with Crippen molar-refractivity contribution in [2.75, 3.05) is 63.9 Å². The van der Waals surface area contributed by atoms with E-state index in [2.05, 4.69) is 52.8 Å². The van der Waals surface area contributed by atoms with Crippen LogP contribution < -0.4 is 4.90 Å².